The van der Waals surface area contributed by atoms with Gasteiger partial charge in [-0.15, -0.1) is 0 Å². The zero-order chi connectivity index (χ0) is 23.5. The molecule has 1 aromatic heterocycles. The van der Waals surface area contributed by atoms with E-state index >= 15 is 0 Å². The summed E-state index contributed by atoms with van der Waals surface area (Å²) in [5.74, 6) is 0.447. The molecule has 5 N–H and O–H groups in total. The zero-order valence-corrected chi connectivity index (χ0v) is 18.5. The van der Waals surface area contributed by atoms with E-state index in [4.69, 9.17) is 25.9 Å². The molecule has 3 aromatic carbocycles. The Hall–Kier alpha value is -4.10. The molecule has 7 nitrogen and oxygen atoms in total. The molecular weight excluding hydrogens is 418 g/mol. The van der Waals surface area contributed by atoms with Gasteiger partial charge in [-0.3, -0.25) is 4.79 Å². The lowest BCUT2D eigenvalue weighted by Crippen LogP contribution is -2.14. The zero-order valence-electron chi connectivity index (χ0n) is 18.5. The number of ether oxygens (including phenoxy) is 2. The Kier molecular flexibility index (Phi) is 6.15. The number of primary amides is 1. The highest BCUT2D eigenvalue weighted by atomic mass is 16.5. The van der Waals surface area contributed by atoms with Crippen LogP contribution in [-0.4, -0.2) is 23.1 Å². The highest BCUT2D eigenvalue weighted by Gasteiger charge is 2.21. The summed E-state index contributed by atoms with van der Waals surface area (Å²) >= 11 is 0. The molecule has 1 heterocycles. The molecule has 0 aliphatic carbocycles. The van der Waals surface area contributed by atoms with Gasteiger partial charge in [0.25, 0.3) is 5.91 Å². The van der Waals surface area contributed by atoms with Crippen LogP contribution in [0.5, 0.6) is 11.5 Å². The second kappa shape index (κ2) is 9.18. The predicted molar refractivity (Wildman–Crippen MR) is 128 cm³/mol. The minimum atomic E-state index is -0.625. The van der Waals surface area contributed by atoms with E-state index in [2.05, 4.69) is 0 Å². The second-order valence-corrected chi connectivity index (χ2v) is 7.68. The summed E-state index contributed by atoms with van der Waals surface area (Å²) in [7, 11) is 1.57. The Morgan fingerprint density at radius 2 is 1.85 bits per heavy atom. The maximum Gasteiger partial charge on any atom is 0.250 e. The van der Waals surface area contributed by atoms with Crippen LogP contribution in [0.2, 0.25) is 0 Å². The van der Waals surface area contributed by atoms with Gasteiger partial charge in [0.2, 0.25) is 0 Å². The molecule has 4 rings (SSSR count). The number of amides is 1. The van der Waals surface area contributed by atoms with Crippen LogP contribution >= 0.6 is 0 Å². The number of benzene rings is 3. The number of aliphatic hydroxyl groups excluding tert-OH is 1. The first-order valence-corrected chi connectivity index (χ1v) is 10.4. The first-order valence-electron chi connectivity index (χ1n) is 10.4. The smallest absolute Gasteiger partial charge is 0.250 e. The number of aromatic nitrogens is 1. The lowest BCUT2D eigenvalue weighted by atomic mass is 9.94. The summed E-state index contributed by atoms with van der Waals surface area (Å²) in [6, 6.07) is 18.5. The van der Waals surface area contributed by atoms with Crippen LogP contribution in [-0.2, 0) is 13.2 Å². The Labute approximate surface area is 191 Å². The molecule has 0 unspecified atom stereocenters. The van der Waals surface area contributed by atoms with E-state index in [1.54, 1.807) is 38.3 Å². The maximum atomic E-state index is 12.3. The van der Waals surface area contributed by atoms with Gasteiger partial charge in [-0.05, 0) is 47.9 Å². The molecule has 0 fully saturated rings. The van der Waals surface area contributed by atoms with Gasteiger partial charge < -0.3 is 26.0 Å². The topological polar surface area (TPSA) is 121 Å². The van der Waals surface area contributed by atoms with E-state index in [0.717, 1.165) is 10.9 Å². The number of pyridine rings is 1. The summed E-state index contributed by atoms with van der Waals surface area (Å²) in [4.78, 5) is 17.1. The molecule has 0 radical (unpaired) electrons. The fraction of sp³-hybridized carbons (Fsp3) is 0.154. The molecule has 0 spiro atoms. The van der Waals surface area contributed by atoms with Gasteiger partial charge >= 0.3 is 0 Å². The molecule has 4 aromatic rings. The van der Waals surface area contributed by atoms with Gasteiger partial charge in [0, 0.05) is 17.0 Å². The third kappa shape index (κ3) is 4.31. The van der Waals surface area contributed by atoms with E-state index in [1.165, 1.54) is 0 Å². The van der Waals surface area contributed by atoms with Crippen LogP contribution in [0.25, 0.3) is 22.2 Å². The van der Waals surface area contributed by atoms with Gasteiger partial charge in [-0.25, -0.2) is 4.98 Å². The second-order valence-electron chi connectivity index (χ2n) is 7.68. The SMILES string of the molecule is COc1ccc2cc(C(N)=O)c(-c3cc(OCc4ccccc4)c(N)c(C)c3CO)nc2c1. The molecule has 168 valence electrons. The fourth-order valence-corrected chi connectivity index (χ4v) is 3.78. The Morgan fingerprint density at radius 3 is 2.52 bits per heavy atom. The van der Waals surface area contributed by atoms with Crippen molar-refractivity contribution >= 4 is 22.5 Å². The van der Waals surface area contributed by atoms with E-state index in [0.29, 0.717) is 51.7 Å². The van der Waals surface area contributed by atoms with Crippen molar-refractivity contribution in [1.82, 2.24) is 4.98 Å². The molecule has 33 heavy (non-hydrogen) atoms. The third-order valence-corrected chi connectivity index (χ3v) is 5.66. The number of hydrogen-bond donors (Lipinski definition) is 3. The third-order valence-electron chi connectivity index (χ3n) is 5.66. The molecule has 0 aliphatic rings. The molecule has 0 atom stereocenters. The Bertz CT molecular complexity index is 1340. The number of anilines is 1. The molecule has 1 amide bonds. The highest BCUT2D eigenvalue weighted by molar-refractivity contribution is 6.03. The first kappa shape index (κ1) is 22.1. The lowest BCUT2D eigenvalue weighted by molar-refractivity contribution is 0.100. The molecule has 0 saturated heterocycles. The molecule has 0 aliphatic heterocycles. The van der Waals surface area contributed by atoms with E-state index in [1.807, 2.05) is 36.4 Å². The molecule has 0 saturated carbocycles. The van der Waals surface area contributed by atoms with Crippen molar-refractivity contribution in [1.29, 1.82) is 0 Å². The van der Waals surface area contributed by atoms with Gasteiger partial charge in [-0.2, -0.15) is 0 Å². The first-order chi connectivity index (χ1) is 15.9. The number of nitrogen functional groups attached to an aromatic ring is 1. The summed E-state index contributed by atoms with van der Waals surface area (Å²) in [5.41, 5.74) is 16.4. The predicted octanol–water partition coefficient (Wildman–Crippen LogP) is 3.97. The average molecular weight is 444 g/mol. The Balaban J connectivity index is 1.90. The summed E-state index contributed by atoms with van der Waals surface area (Å²) < 4.78 is 11.3. The van der Waals surface area contributed by atoms with Crippen LogP contribution in [0.15, 0.2) is 60.7 Å². The largest absolute Gasteiger partial charge is 0.497 e. The van der Waals surface area contributed by atoms with Crippen molar-refractivity contribution < 1.29 is 19.4 Å². The highest BCUT2D eigenvalue weighted by Crippen LogP contribution is 2.38. The number of carbonyl (C=O) groups is 1. The fourth-order valence-electron chi connectivity index (χ4n) is 3.78. The monoisotopic (exact) mass is 443 g/mol. The summed E-state index contributed by atoms with van der Waals surface area (Å²) in [5, 5.41) is 10.9. The van der Waals surface area contributed by atoms with Crippen LogP contribution in [0, 0.1) is 6.92 Å². The van der Waals surface area contributed by atoms with Gasteiger partial charge in [0.15, 0.2) is 0 Å². The van der Waals surface area contributed by atoms with Crippen molar-refractivity contribution in [3.63, 3.8) is 0 Å². The van der Waals surface area contributed by atoms with Gasteiger partial charge in [-0.1, -0.05) is 30.3 Å². The minimum absolute atomic E-state index is 0.237. The number of fused-ring (bicyclic) bond motifs is 1. The Morgan fingerprint density at radius 1 is 1.09 bits per heavy atom. The van der Waals surface area contributed by atoms with Gasteiger partial charge in [0.05, 0.1) is 36.2 Å². The maximum absolute atomic E-state index is 12.3. The number of aliphatic hydroxyl groups is 1. The summed E-state index contributed by atoms with van der Waals surface area (Å²) in [6.45, 7) is 1.82. The molecule has 0 bridgehead atoms. The quantitative estimate of drug-likeness (QED) is 0.372. The standard InChI is InChI=1S/C26H25N3O4/c1-15-21(13-30)19(12-23(24(15)27)33-14-16-6-4-3-5-7-16)25-20(26(28)31)10-17-8-9-18(32-2)11-22(17)29-25/h3-12,30H,13-14,27H2,1-2H3,(H2,28,31). The van der Waals surface area contributed by atoms with Crippen LogP contribution < -0.4 is 20.9 Å². The number of nitrogens with two attached hydrogens (primary N) is 2. The lowest BCUT2D eigenvalue weighted by Gasteiger charge is -2.19. The van der Waals surface area contributed by atoms with Crippen LogP contribution in [0.3, 0.4) is 0 Å². The number of rotatable bonds is 7. The van der Waals surface area contributed by atoms with Crippen molar-refractivity contribution in [2.24, 2.45) is 5.73 Å². The van der Waals surface area contributed by atoms with Crippen molar-refractivity contribution in [3.05, 3.63) is 82.9 Å². The average Bonchev–Trinajstić information content (AvgIpc) is 2.84. The van der Waals surface area contributed by atoms with Gasteiger partial charge in [0.1, 0.15) is 18.1 Å². The van der Waals surface area contributed by atoms with E-state index in [9.17, 15) is 9.90 Å². The summed E-state index contributed by atoms with van der Waals surface area (Å²) in [6.07, 6.45) is 0. The van der Waals surface area contributed by atoms with E-state index < -0.39 is 5.91 Å². The van der Waals surface area contributed by atoms with E-state index in [-0.39, 0.29) is 12.2 Å². The number of nitrogens with zero attached hydrogens (tertiary/aromatic N) is 1. The minimum Gasteiger partial charge on any atom is -0.497 e. The molecular formula is C26H25N3O4. The normalized spacial score (nSPS) is 10.9. The van der Waals surface area contributed by atoms with Crippen molar-refractivity contribution in [3.8, 4) is 22.8 Å². The number of hydrogen-bond acceptors (Lipinski definition) is 6. The van der Waals surface area contributed by atoms with Crippen molar-refractivity contribution in [2.45, 2.75) is 20.1 Å². The molecule has 7 heteroatoms. The van der Waals surface area contributed by atoms with Crippen LogP contribution in [0.4, 0.5) is 5.69 Å². The van der Waals surface area contributed by atoms with Crippen LogP contribution in [0.1, 0.15) is 27.0 Å². The number of methoxy groups -OCH3 is 1. The van der Waals surface area contributed by atoms with Crippen molar-refractivity contribution in [2.75, 3.05) is 12.8 Å². The number of carbonyl (C=O) groups excluding carboxylic acids is 1.